The van der Waals surface area contributed by atoms with Crippen LogP contribution in [0, 0.1) is 0 Å². The normalized spacial score (nSPS) is 33.0. The van der Waals surface area contributed by atoms with Gasteiger partial charge in [-0.2, -0.15) is 0 Å². The van der Waals surface area contributed by atoms with Crippen LogP contribution in [0.4, 0.5) is 0 Å². The number of nitrogens with one attached hydrogen (secondary N) is 1. The van der Waals surface area contributed by atoms with Gasteiger partial charge in [-0.05, 0) is 13.3 Å². The van der Waals surface area contributed by atoms with Gasteiger partial charge in [0.2, 0.25) is 5.91 Å². The van der Waals surface area contributed by atoms with E-state index in [0.717, 1.165) is 52.4 Å². The molecule has 6 nitrogen and oxygen atoms in total. The number of hydrogen-bond acceptors (Lipinski definition) is 5. The van der Waals surface area contributed by atoms with E-state index >= 15 is 0 Å². The lowest BCUT2D eigenvalue weighted by Crippen LogP contribution is -2.56. The molecule has 1 N–H and O–H groups in total. The lowest BCUT2D eigenvalue weighted by atomic mass is 10.1. The summed E-state index contributed by atoms with van der Waals surface area (Å²) in [6, 6.07) is 0.329. The van der Waals surface area contributed by atoms with E-state index in [1.54, 1.807) is 0 Å². The molecule has 1 unspecified atom stereocenters. The van der Waals surface area contributed by atoms with Gasteiger partial charge < -0.3 is 19.7 Å². The van der Waals surface area contributed by atoms with E-state index in [9.17, 15) is 4.79 Å². The number of morpholine rings is 2. The summed E-state index contributed by atoms with van der Waals surface area (Å²) in [5.74, 6) is 0.202. The Morgan fingerprint density at radius 2 is 1.86 bits per heavy atom. The fourth-order valence-electron chi connectivity index (χ4n) is 3.39. The second-order valence-electron chi connectivity index (χ2n) is 5.88. The smallest absolute Gasteiger partial charge is 0.242 e. The number of amides is 1. The van der Waals surface area contributed by atoms with Gasteiger partial charge in [-0.3, -0.25) is 9.69 Å². The molecule has 130 valence electrons. The van der Waals surface area contributed by atoms with Crippen LogP contribution in [0.25, 0.3) is 0 Å². The first kappa shape index (κ1) is 19.9. The minimum absolute atomic E-state index is 0. The first-order chi connectivity index (χ1) is 9.75. The first-order valence-corrected chi connectivity index (χ1v) is 7.71. The number of carbonyl (C=O) groups excluding carboxylic acids is 1. The predicted octanol–water partition coefficient (Wildman–Crippen LogP) is 0.140. The van der Waals surface area contributed by atoms with Crippen LogP contribution in [-0.2, 0) is 14.3 Å². The summed E-state index contributed by atoms with van der Waals surface area (Å²) in [6.45, 7) is 8.78. The van der Waals surface area contributed by atoms with Crippen LogP contribution in [0.2, 0.25) is 0 Å². The lowest BCUT2D eigenvalue weighted by molar-refractivity contribution is -0.138. The third-order valence-electron chi connectivity index (χ3n) is 4.62. The third-order valence-corrected chi connectivity index (χ3v) is 4.62. The first-order valence-electron chi connectivity index (χ1n) is 7.71. The lowest BCUT2D eigenvalue weighted by Gasteiger charge is -2.34. The Bertz CT molecular complexity index is 356. The highest BCUT2D eigenvalue weighted by atomic mass is 35.5. The van der Waals surface area contributed by atoms with Crippen LogP contribution >= 0.6 is 24.8 Å². The number of hydrogen-bond donors (Lipinski definition) is 1. The maximum Gasteiger partial charge on any atom is 0.242 e. The largest absolute Gasteiger partial charge is 0.379 e. The van der Waals surface area contributed by atoms with Gasteiger partial charge in [-0.15, -0.1) is 24.8 Å². The minimum Gasteiger partial charge on any atom is -0.379 e. The van der Waals surface area contributed by atoms with Crippen molar-refractivity contribution in [1.29, 1.82) is 0 Å². The van der Waals surface area contributed by atoms with Gasteiger partial charge in [-0.1, -0.05) is 0 Å². The van der Waals surface area contributed by atoms with E-state index in [1.165, 1.54) is 0 Å². The molecule has 0 aromatic rings. The molecule has 3 heterocycles. The summed E-state index contributed by atoms with van der Waals surface area (Å²) in [5, 5.41) is 3.29. The highest BCUT2D eigenvalue weighted by Crippen LogP contribution is 2.19. The van der Waals surface area contributed by atoms with E-state index in [0.29, 0.717) is 12.6 Å². The highest BCUT2D eigenvalue weighted by Gasteiger charge is 2.37. The van der Waals surface area contributed by atoms with Crippen LogP contribution < -0.4 is 5.32 Å². The van der Waals surface area contributed by atoms with Crippen molar-refractivity contribution in [3.63, 3.8) is 0 Å². The van der Waals surface area contributed by atoms with E-state index in [4.69, 9.17) is 9.47 Å². The SMILES string of the molecule is C[C@H]1OCCN[C@@H]1C(=O)N1CCC(N2CCOCC2)C1.Cl.Cl. The molecule has 1 amide bonds. The van der Waals surface area contributed by atoms with Gasteiger partial charge in [0.1, 0.15) is 6.04 Å². The molecule has 3 rings (SSSR count). The summed E-state index contributed by atoms with van der Waals surface area (Å²) < 4.78 is 11.0. The molecule has 3 atom stereocenters. The third kappa shape index (κ3) is 4.46. The molecule has 3 fully saturated rings. The van der Waals surface area contributed by atoms with Crippen molar-refractivity contribution in [1.82, 2.24) is 15.1 Å². The standard InChI is InChI=1S/C14H25N3O3.2ClH/c1-11-13(15-3-7-20-11)14(18)17-4-2-12(10-17)16-5-8-19-9-6-16;;/h11-13,15H,2-10H2,1H3;2*1H/t11-,12?,13+;;/m1../s1. The minimum atomic E-state index is -0.174. The van der Waals surface area contributed by atoms with Crippen molar-refractivity contribution in [2.45, 2.75) is 31.5 Å². The summed E-state index contributed by atoms with van der Waals surface area (Å²) >= 11 is 0. The van der Waals surface area contributed by atoms with E-state index in [1.807, 2.05) is 11.8 Å². The Kier molecular flexibility index (Phi) is 8.38. The van der Waals surface area contributed by atoms with Crippen LogP contribution in [0.5, 0.6) is 0 Å². The number of likely N-dealkylation sites (tertiary alicyclic amines) is 1. The summed E-state index contributed by atoms with van der Waals surface area (Å²) in [6.07, 6.45) is 1.05. The maximum absolute atomic E-state index is 12.6. The molecule has 0 radical (unpaired) electrons. The average molecular weight is 356 g/mol. The Balaban J connectivity index is 0.00000121. The number of rotatable bonds is 2. The topological polar surface area (TPSA) is 54.0 Å². The summed E-state index contributed by atoms with van der Waals surface area (Å²) in [5.41, 5.74) is 0. The molecule has 0 aromatic heterocycles. The molecule has 0 aliphatic carbocycles. The van der Waals surface area contributed by atoms with Gasteiger partial charge in [0.05, 0.1) is 25.9 Å². The highest BCUT2D eigenvalue weighted by molar-refractivity contribution is 5.85. The average Bonchev–Trinajstić information content (AvgIpc) is 2.98. The fourth-order valence-corrected chi connectivity index (χ4v) is 3.39. The van der Waals surface area contributed by atoms with E-state index in [2.05, 4.69) is 10.2 Å². The van der Waals surface area contributed by atoms with Crippen molar-refractivity contribution >= 4 is 30.7 Å². The molecule has 22 heavy (non-hydrogen) atoms. The van der Waals surface area contributed by atoms with E-state index < -0.39 is 0 Å². The Morgan fingerprint density at radius 1 is 1.14 bits per heavy atom. The second-order valence-corrected chi connectivity index (χ2v) is 5.88. The number of ether oxygens (including phenoxy) is 2. The van der Waals surface area contributed by atoms with Gasteiger partial charge >= 0.3 is 0 Å². The Labute approximate surface area is 144 Å². The van der Waals surface area contributed by atoms with Crippen LogP contribution in [-0.4, -0.2) is 86.4 Å². The molecule has 8 heteroatoms. The van der Waals surface area contributed by atoms with Gasteiger partial charge in [0, 0.05) is 38.8 Å². The zero-order valence-electron chi connectivity index (χ0n) is 13.0. The predicted molar refractivity (Wildman–Crippen MR) is 89.1 cm³/mol. The molecule has 3 saturated heterocycles. The van der Waals surface area contributed by atoms with Crippen LogP contribution in [0.3, 0.4) is 0 Å². The van der Waals surface area contributed by atoms with Gasteiger partial charge in [0.25, 0.3) is 0 Å². The van der Waals surface area contributed by atoms with Crippen molar-refractivity contribution in [3.8, 4) is 0 Å². The Hall–Kier alpha value is -0.110. The molecular formula is C14H27Cl2N3O3. The summed E-state index contributed by atoms with van der Waals surface area (Å²) in [4.78, 5) is 17.0. The quantitative estimate of drug-likeness (QED) is 0.763. The Morgan fingerprint density at radius 3 is 2.55 bits per heavy atom. The molecule has 0 spiro atoms. The van der Waals surface area contributed by atoms with Crippen molar-refractivity contribution in [2.24, 2.45) is 0 Å². The van der Waals surface area contributed by atoms with Crippen LogP contribution in [0.15, 0.2) is 0 Å². The van der Waals surface area contributed by atoms with Crippen molar-refractivity contribution < 1.29 is 14.3 Å². The molecular weight excluding hydrogens is 329 g/mol. The molecule has 0 saturated carbocycles. The van der Waals surface area contributed by atoms with Crippen LogP contribution in [0.1, 0.15) is 13.3 Å². The molecule has 3 aliphatic rings. The van der Waals surface area contributed by atoms with Crippen molar-refractivity contribution in [2.75, 3.05) is 52.5 Å². The maximum atomic E-state index is 12.6. The van der Waals surface area contributed by atoms with Gasteiger partial charge in [0.15, 0.2) is 0 Å². The summed E-state index contributed by atoms with van der Waals surface area (Å²) in [7, 11) is 0. The second kappa shape index (κ2) is 9.25. The van der Waals surface area contributed by atoms with Gasteiger partial charge in [-0.25, -0.2) is 0 Å². The molecule has 0 bridgehead atoms. The van der Waals surface area contributed by atoms with Crippen molar-refractivity contribution in [3.05, 3.63) is 0 Å². The van der Waals surface area contributed by atoms with E-state index in [-0.39, 0.29) is 42.9 Å². The zero-order chi connectivity index (χ0) is 13.9. The molecule has 3 aliphatic heterocycles. The number of carbonyl (C=O) groups is 1. The zero-order valence-corrected chi connectivity index (χ0v) is 14.7. The number of halogens is 2. The fraction of sp³-hybridized carbons (Fsp3) is 0.929. The molecule has 0 aromatic carbocycles. The number of nitrogens with zero attached hydrogens (tertiary/aromatic N) is 2. The monoisotopic (exact) mass is 355 g/mol.